The minimum atomic E-state index is 0.252. The second kappa shape index (κ2) is 6.78. The molecule has 0 radical (unpaired) electrons. The van der Waals surface area contributed by atoms with Crippen LogP contribution in [-0.2, 0) is 4.79 Å². The maximum absolute atomic E-state index is 12.5. The Morgan fingerprint density at radius 2 is 2.05 bits per heavy atom. The predicted molar refractivity (Wildman–Crippen MR) is 83.5 cm³/mol. The fraction of sp³-hybridized carbons (Fsp3) is 0.588. The molecule has 2 atom stereocenters. The van der Waals surface area contributed by atoms with Gasteiger partial charge in [0, 0.05) is 24.7 Å². The molecule has 0 aliphatic carbocycles. The monoisotopic (exact) mass is 274 g/mol. The average molecular weight is 274 g/mol. The highest BCUT2D eigenvalue weighted by Gasteiger charge is 2.26. The lowest BCUT2D eigenvalue weighted by Crippen LogP contribution is -2.43. The van der Waals surface area contributed by atoms with E-state index >= 15 is 0 Å². The van der Waals surface area contributed by atoms with E-state index in [4.69, 9.17) is 5.73 Å². The smallest absolute Gasteiger partial charge is 0.223 e. The number of hydrogen-bond acceptors (Lipinski definition) is 2. The van der Waals surface area contributed by atoms with Crippen LogP contribution in [0.3, 0.4) is 0 Å². The van der Waals surface area contributed by atoms with Crippen LogP contribution in [0.15, 0.2) is 24.3 Å². The second-order valence-corrected chi connectivity index (χ2v) is 5.92. The van der Waals surface area contributed by atoms with Gasteiger partial charge < -0.3 is 10.6 Å². The Labute approximate surface area is 122 Å². The van der Waals surface area contributed by atoms with Crippen molar-refractivity contribution in [1.29, 1.82) is 0 Å². The zero-order chi connectivity index (χ0) is 14.5. The number of carbonyl (C=O) groups excluding carboxylic acids is 1. The van der Waals surface area contributed by atoms with Crippen LogP contribution in [0.25, 0.3) is 0 Å². The maximum Gasteiger partial charge on any atom is 0.223 e. The number of nitrogen functional groups attached to an aromatic ring is 1. The predicted octanol–water partition coefficient (Wildman–Crippen LogP) is 3.55. The number of nitrogens with two attached hydrogens (primary N) is 1. The topological polar surface area (TPSA) is 46.3 Å². The molecule has 2 rings (SSSR count). The molecule has 1 aliphatic rings. The van der Waals surface area contributed by atoms with Gasteiger partial charge >= 0.3 is 0 Å². The van der Waals surface area contributed by atoms with Crippen molar-refractivity contribution in [2.24, 2.45) is 0 Å². The molecule has 1 amide bonds. The fourth-order valence-corrected chi connectivity index (χ4v) is 3.07. The highest BCUT2D eigenvalue weighted by atomic mass is 16.2. The van der Waals surface area contributed by atoms with Gasteiger partial charge in [-0.3, -0.25) is 4.79 Å². The molecule has 1 aromatic carbocycles. The summed E-state index contributed by atoms with van der Waals surface area (Å²) in [5.74, 6) is 0.559. The average Bonchev–Trinajstić information content (AvgIpc) is 2.47. The first-order valence-electron chi connectivity index (χ1n) is 7.76. The van der Waals surface area contributed by atoms with E-state index in [9.17, 15) is 4.79 Å². The zero-order valence-corrected chi connectivity index (χ0v) is 12.6. The van der Waals surface area contributed by atoms with E-state index in [1.165, 1.54) is 18.4 Å². The Morgan fingerprint density at radius 3 is 2.70 bits per heavy atom. The molecule has 3 heteroatoms. The lowest BCUT2D eigenvalue weighted by molar-refractivity contribution is -0.135. The number of piperidine rings is 1. The summed E-state index contributed by atoms with van der Waals surface area (Å²) in [6.07, 6.45) is 5.25. The molecule has 20 heavy (non-hydrogen) atoms. The summed E-state index contributed by atoms with van der Waals surface area (Å²) < 4.78 is 0. The third-order valence-corrected chi connectivity index (χ3v) is 4.41. The summed E-state index contributed by atoms with van der Waals surface area (Å²) in [5.41, 5.74) is 7.67. The molecule has 1 saturated heterocycles. The molecule has 1 aliphatic heterocycles. The van der Waals surface area contributed by atoms with Gasteiger partial charge in [0.05, 0.1) is 0 Å². The number of carbonyl (C=O) groups is 1. The number of nitrogens with zero attached hydrogens (tertiary/aromatic N) is 1. The molecule has 1 fully saturated rings. The van der Waals surface area contributed by atoms with Crippen molar-refractivity contribution in [3.8, 4) is 0 Å². The molecule has 1 heterocycles. The van der Waals surface area contributed by atoms with E-state index in [2.05, 4.69) is 18.7 Å². The number of hydrogen-bond donors (Lipinski definition) is 1. The van der Waals surface area contributed by atoms with Crippen molar-refractivity contribution in [3.63, 3.8) is 0 Å². The van der Waals surface area contributed by atoms with Gasteiger partial charge in [-0.2, -0.15) is 0 Å². The standard InChI is InChI=1S/C17H26N2O/c1-3-16-6-4-5-11-19(16)17(20)12-13(2)14-7-9-15(18)10-8-14/h7-10,13,16H,3-6,11-12,18H2,1-2H3. The van der Waals surface area contributed by atoms with E-state index in [0.717, 1.165) is 25.1 Å². The third-order valence-electron chi connectivity index (χ3n) is 4.41. The molecule has 2 N–H and O–H groups in total. The van der Waals surface area contributed by atoms with Crippen LogP contribution in [0.5, 0.6) is 0 Å². The van der Waals surface area contributed by atoms with Crippen molar-refractivity contribution >= 4 is 11.6 Å². The van der Waals surface area contributed by atoms with E-state index in [0.29, 0.717) is 18.4 Å². The molecule has 2 unspecified atom stereocenters. The molecule has 0 saturated carbocycles. The van der Waals surface area contributed by atoms with Crippen LogP contribution < -0.4 is 5.73 Å². The Bertz CT molecular complexity index is 441. The summed E-state index contributed by atoms with van der Waals surface area (Å²) in [6.45, 7) is 5.24. The van der Waals surface area contributed by atoms with Crippen LogP contribution >= 0.6 is 0 Å². The molecule has 1 aromatic rings. The van der Waals surface area contributed by atoms with Crippen LogP contribution in [0.1, 0.15) is 57.4 Å². The quantitative estimate of drug-likeness (QED) is 0.853. The molecule has 110 valence electrons. The number of likely N-dealkylation sites (tertiary alicyclic amines) is 1. The van der Waals surface area contributed by atoms with E-state index < -0.39 is 0 Å². The van der Waals surface area contributed by atoms with E-state index in [-0.39, 0.29) is 5.92 Å². The third kappa shape index (κ3) is 3.53. The van der Waals surface area contributed by atoms with Gasteiger partial charge in [-0.15, -0.1) is 0 Å². The summed E-state index contributed by atoms with van der Waals surface area (Å²) in [6, 6.07) is 8.33. The molecule has 0 aromatic heterocycles. The van der Waals surface area contributed by atoms with E-state index in [1.807, 2.05) is 24.3 Å². The second-order valence-electron chi connectivity index (χ2n) is 5.92. The van der Waals surface area contributed by atoms with Crippen LogP contribution in [0.4, 0.5) is 5.69 Å². The van der Waals surface area contributed by atoms with Crippen molar-refractivity contribution in [2.75, 3.05) is 12.3 Å². The van der Waals surface area contributed by atoms with Crippen molar-refractivity contribution in [1.82, 2.24) is 4.90 Å². The molecule has 0 bridgehead atoms. The lowest BCUT2D eigenvalue weighted by Gasteiger charge is -2.36. The summed E-state index contributed by atoms with van der Waals surface area (Å²) in [4.78, 5) is 14.6. The highest BCUT2D eigenvalue weighted by molar-refractivity contribution is 5.77. The van der Waals surface area contributed by atoms with Crippen LogP contribution in [0, 0.1) is 0 Å². The highest BCUT2D eigenvalue weighted by Crippen LogP contribution is 2.25. The first-order valence-corrected chi connectivity index (χ1v) is 7.76. The van der Waals surface area contributed by atoms with Crippen LogP contribution in [-0.4, -0.2) is 23.4 Å². The van der Waals surface area contributed by atoms with E-state index in [1.54, 1.807) is 0 Å². The lowest BCUT2D eigenvalue weighted by atomic mass is 9.94. The minimum Gasteiger partial charge on any atom is -0.399 e. The van der Waals surface area contributed by atoms with Gasteiger partial charge in [0.1, 0.15) is 0 Å². The Hall–Kier alpha value is -1.51. The summed E-state index contributed by atoms with van der Waals surface area (Å²) >= 11 is 0. The summed E-state index contributed by atoms with van der Waals surface area (Å²) in [5, 5.41) is 0. The van der Waals surface area contributed by atoms with Crippen LogP contribution in [0.2, 0.25) is 0 Å². The Balaban J connectivity index is 1.97. The fourth-order valence-electron chi connectivity index (χ4n) is 3.07. The van der Waals surface area contributed by atoms with Crippen molar-refractivity contribution < 1.29 is 4.79 Å². The van der Waals surface area contributed by atoms with Crippen molar-refractivity contribution in [3.05, 3.63) is 29.8 Å². The van der Waals surface area contributed by atoms with Gasteiger partial charge in [0.2, 0.25) is 5.91 Å². The van der Waals surface area contributed by atoms with Crippen molar-refractivity contribution in [2.45, 2.75) is 57.9 Å². The first-order chi connectivity index (χ1) is 9.61. The van der Waals surface area contributed by atoms with Gasteiger partial charge in [-0.1, -0.05) is 26.0 Å². The number of anilines is 1. The number of rotatable bonds is 4. The van der Waals surface area contributed by atoms with Gasteiger partial charge in [-0.25, -0.2) is 0 Å². The largest absolute Gasteiger partial charge is 0.399 e. The Morgan fingerprint density at radius 1 is 1.35 bits per heavy atom. The SMILES string of the molecule is CCC1CCCCN1C(=O)CC(C)c1ccc(N)cc1. The molecule has 0 spiro atoms. The number of amides is 1. The Kier molecular flexibility index (Phi) is 5.05. The molecular weight excluding hydrogens is 248 g/mol. The zero-order valence-electron chi connectivity index (χ0n) is 12.6. The van der Waals surface area contributed by atoms with Gasteiger partial charge in [0.15, 0.2) is 0 Å². The van der Waals surface area contributed by atoms with Gasteiger partial charge in [0.25, 0.3) is 0 Å². The molecular formula is C17H26N2O. The maximum atomic E-state index is 12.5. The minimum absolute atomic E-state index is 0.252. The van der Waals surface area contributed by atoms with Gasteiger partial charge in [-0.05, 0) is 49.3 Å². The number of benzene rings is 1. The molecule has 3 nitrogen and oxygen atoms in total. The normalized spacial score (nSPS) is 20.7. The first kappa shape index (κ1) is 14.9. The summed E-state index contributed by atoms with van der Waals surface area (Å²) in [7, 11) is 0.